The molecule has 0 aliphatic heterocycles. The van der Waals surface area contributed by atoms with E-state index in [9.17, 15) is 10.2 Å². The van der Waals surface area contributed by atoms with Gasteiger partial charge in [-0.15, -0.1) is 0 Å². The second kappa shape index (κ2) is 12.4. The van der Waals surface area contributed by atoms with Crippen molar-refractivity contribution in [2.24, 2.45) is 0 Å². The van der Waals surface area contributed by atoms with Crippen LogP contribution in [0.25, 0.3) is 33.4 Å². The Labute approximate surface area is 263 Å². The molecule has 0 spiro atoms. The summed E-state index contributed by atoms with van der Waals surface area (Å²) in [5, 5.41) is 19.9. The van der Waals surface area contributed by atoms with Gasteiger partial charge in [-0.2, -0.15) is 0 Å². The minimum Gasteiger partial charge on any atom is -0.491 e. The summed E-state index contributed by atoms with van der Waals surface area (Å²) in [6.45, 7) is 0.0823. The number of aliphatic hydroxyl groups excluding tert-OH is 2. The van der Waals surface area contributed by atoms with Crippen LogP contribution in [-0.2, 0) is 5.41 Å². The van der Waals surface area contributed by atoms with Gasteiger partial charge in [-0.25, -0.2) is 0 Å². The van der Waals surface area contributed by atoms with Gasteiger partial charge in [0, 0.05) is 11.1 Å². The second-order valence-corrected chi connectivity index (χ2v) is 11.1. The molecule has 0 aromatic heterocycles. The van der Waals surface area contributed by atoms with Crippen LogP contribution in [0.3, 0.4) is 0 Å². The second-order valence-electron chi connectivity index (χ2n) is 11.1. The highest BCUT2D eigenvalue weighted by atomic mass is 16.5. The highest BCUT2D eigenvalue weighted by molar-refractivity contribution is 5.93. The van der Waals surface area contributed by atoms with Gasteiger partial charge in [0.25, 0.3) is 0 Å². The fraction of sp³-hybridized carbons (Fsp3) is 0.122. The Bertz CT molecular complexity index is 1790. The van der Waals surface area contributed by atoms with E-state index in [1.165, 1.54) is 0 Å². The van der Waals surface area contributed by atoms with Gasteiger partial charge in [0.15, 0.2) is 0 Å². The first-order chi connectivity index (χ1) is 22.3. The number of fused-ring (bicyclic) bond motifs is 3. The number of rotatable bonds is 10. The van der Waals surface area contributed by atoms with Crippen molar-refractivity contribution >= 4 is 0 Å². The highest BCUT2D eigenvalue weighted by Crippen LogP contribution is 2.62. The van der Waals surface area contributed by atoms with Crippen LogP contribution in [0.1, 0.15) is 22.3 Å². The normalized spacial score (nSPS) is 12.8. The van der Waals surface area contributed by atoms with Gasteiger partial charge in [-0.3, -0.25) is 0 Å². The average Bonchev–Trinajstić information content (AvgIpc) is 3.41. The van der Waals surface area contributed by atoms with Crippen LogP contribution >= 0.6 is 0 Å². The summed E-state index contributed by atoms with van der Waals surface area (Å²) < 4.78 is 12.9. The maximum absolute atomic E-state index is 9.93. The van der Waals surface area contributed by atoms with E-state index in [1.54, 1.807) is 0 Å². The number of ether oxygens (including phenoxy) is 2. The van der Waals surface area contributed by atoms with Crippen LogP contribution in [0.5, 0.6) is 11.5 Å². The van der Waals surface area contributed by atoms with E-state index in [-0.39, 0.29) is 26.4 Å². The molecule has 0 unspecified atom stereocenters. The number of benzene rings is 6. The summed E-state index contributed by atoms with van der Waals surface area (Å²) in [5.74, 6) is 1.38. The van der Waals surface area contributed by atoms with E-state index >= 15 is 0 Å². The third kappa shape index (κ3) is 4.80. The van der Waals surface area contributed by atoms with Crippen molar-refractivity contribution in [2.45, 2.75) is 5.41 Å². The first-order valence-electron chi connectivity index (χ1n) is 15.3. The average molecular weight is 591 g/mol. The standard InChI is InChI=1S/C41H34O4/c42-25-27-44-37-23-11-19-31(29-13-3-1-4-14-29)39(37)41(35-21-9-7-17-33(35)34-18-8-10-22-36(34)41)40-32(30-15-5-2-6-16-30)20-12-24-38(40)45-28-26-43/h1-24,42-43H,25-28H2. The summed E-state index contributed by atoms with van der Waals surface area (Å²) >= 11 is 0. The fourth-order valence-electron chi connectivity index (χ4n) is 7.00. The molecule has 7 rings (SSSR count). The summed E-state index contributed by atoms with van der Waals surface area (Å²) in [5.41, 5.74) is 9.69. The molecule has 1 aliphatic rings. The molecule has 45 heavy (non-hydrogen) atoms. The van der Waals surface area contributed by atoms with Crippen LogP contribution in [0.4, 0.5) is 0 Å². The van der Waals surface area contributed by atoms with Crippen molar-refractivity contribution in [1.82, 2.24) is 0 Å². The van der Waals surface area contributed by atoms with Crippen molar-refractivity contribution in [2.75, 3.05) is 26.4 Å². The Hall–Kier alpha value is -5.16. The SMILES string of the molecule is OCCOc1cccc(-c2ccccc2)c1C1(c2c(OCCO)cccc2-c2ccccc2)c2ccccc2-c2ccccc21. The Kier molecular flexibility index (Phi) is 7.91. The Morgan fingerprint density at radius 2 is 0.778 bits per heavy atom. The molecule has 0 amide bonds. The Morgan fingerprint density at radius 3 is 1.20 bits per heavy atom. The molecule has 4 nitrogen and oxygen atoms in total. The van der Waals surface area contributed by atoms with Crippen molar-refractivity contribution in [1.29, 1.82) is 0 Å². The Morgan fingerprint density at radius 1 is 0.400 bits per heavy atom. The van der Waals surface area contributed by atoms with Crippen LogP contribution in [0, 0.1) is 0 Å². The minimum atomic E-state index is -0.901. The van der Waals surface area contributed by atoms with E-state index in [0.29, 0.717) is 11.5 Å². The van der Waals surface area contributed by atoms with Gasteiger partial charge in [-0.05, 0) is 56.6 Å². The van der Waals surface area contributed by atoms with Gasteiger partial charge < -0.3 is 19.7 Å². The lowest BCUT2D eigenvalue weighted by molar-refractivity contribution is 0.197. The fourth-order valence-corrected chi connectivity index (χ4v) is 7.00. The number of hydrogen-bond acceptors (Lipinski definition) is 4. The number of hydrogen-bond donors (Lipinski definition) is 2. The largest absolute Gasteiger partial charge is 0.491 e. The maximum atomic E-state index is 9.93. The molecule has 0 fully saturated rings. The van der Waals surface area contributed by atoms with Crippen LogP contribution in [0.2, 0.25) is 0 Å². The molecule has 0 bridgehead atoms. The van der Waals surface area contributed by atoms with E-state index in [1.807, 2.05) is 36.4 Å². The van der Waals surface area contributed by atoms with Crippen molar-refractivity contribution in [3.8, 4) is 44.9 Å². The topological polar surface area (TPSA) is 58.9 Å². The smallest absolute Gasteiger partial charge is 0.124 e. The van der Waals surface area contributed by atoms with Crippen molar-refractivity contribution in [3.05, 3.63) is 168 Å². The molecule has 0 saturated heterocycles. The third-order valence-corrected chi connectivity index (χ3v) is 8.62. The first kappa shape index (κ1) is 28.6. The van der Waals surface area contributed by atoms with E-state index in [0.717, 1.165) is 55.6 Å². The van der Waals surface area contributed by atoms with Gasteiger partial charge in [0.05, 0.1) is 18.6 Å². The lowest BCUT2D eigenvalue weighted by Crippen LogP contribution is -2.32. The maximum Gasteiger partial charge on any atom is 0.124 e. The molecular weight excluding hydrogens is 556 g/mol. The predicted octanol–water partition coefficient (Wildman–Crippen LogP) is 8.13. The van der Waals surface area contributed by atoms with Crippen LogP contribution < -0.4 is 9.47 Å². The summed E-state index contributed by atoms with van der Waals surface area (Å²) in [7, 11) is 0. The third-order valence-electron chi connectivity index (χ3n) is 8.62. The summed E-state index contributed by atoms with van der Waals surface area (Å²) in [4.78, 5) is 0. The molecule has 0 heterocycles. The van der Waals surface area contributed by atoms with Crippen LogP contribution in [-0.4, -0.2) is 36.6 Å². The molecule has 222 valence electrons. The highest BCUT2D eigenvalue weighted by Gasteiger charge is 2.51. The molecule has 6 aromatic rings. The van der Waals surface area contributed by atoms with E-state index in [2.05, 4.69) is 109 Å². The first-order valence-corrected chi connectivity index (χ1v) is 15.3. The lowest BCUT2D eigenvalue weighted by Gasteiger charge is -2.39. The molecule has 0 atom stereocenters. The van der Waals surface area contributed by atoms with Gasteiger partial charge in [0.2, 0.25) is 0 Å². The van der Waals surface area contributed by atoms with Gasteiger partial charge in [-0.1, -0.05) is 133 Å². The van der Waals surface area contributed by atoms with Gasteiger partial charge >= 0.3 is 0 Å². The zero-order chi connectivity index (χ0) is 30.6. The molecule has 0 radical (unpaired) electrons. The summed E-state index contributed by atoms with van der Waals surface area (Å²) in [6.07, 6.45) is 0. The van der Waals surface area contributed by atoms with Crippen molar-refractivity contribution < 1.29 is 19.7 Å². The lowest BCUT2D eigenvalue weighted by atomic mass is 9.63. The predicted molar refractivity (Wildman–Crippen MR) is 180 cm³/mol. The molecule has 0 saturated carbocycles. The summed E-state index contributed by atoms with van der Waals surface area (Å²) in [6, 6.07) is 50.3. The molecular formula is C41H34O4. The van der Waals surface area contributed by atoms with Crippen molar-refractivity contribution in [3.63, 3.8) is 0 Å². The quantitative estimate of drug-likeness (QED) is 0.169. The van der Waals surface area contributed by atoms with E-state index < -0.39 is 5.41 Å². The molecule has 6 aromatic carbocycles. The number of aliphatic hydroxyl groups is 2. The minimum absolute atomic E-state index is 0.110. The Balaban J connectivity index is 1.72. The zero-order valence-electron chi connectivity index (χ0n) is 24.9. The molecule has 1 aliphatic carbocycles. The van der Waals surface area contributed by atoms with E-state index in [4.69, 9.17) is 9.47 Å². The zero-order valence-corrected chi connectivity index (χ0v) is 24.9. The monoisotopic (exact) mass is 590 g/mol. The van der Waals surface area contributed by atoms with Gasteiger partial charge in [0.1, 0.15) is 24.7 Å². The molecule has 2 N–H and O–H groups in total. The molecule has 4 heteroatoms. The van der Waals surface area contributed by atoms with Crippen LogP contribution in [0.15, 0.2) is 146 Å².